The maximum Gasteiger partial charge on any atom is 0.255 e. The van der Waals surface area contributed by atoms with Crippen LogP contribution in [0, 0.1) is 13.8 Å². The van der Waals surface area contributed by atoms with E-state index in [1.165, 1.54) is 0 Å². The Hall–Kier alpha value is -3.54. The molecule has 27 heavy (non-hydrogen) atoms. The molecule has 0 spiro atoms. The van der Waals surface area contributed by atoms with Crippen molar-refractivity contribution in [2.45, 2.75) is 13.8 Å². The van der Waals surface area contributed by atoms with Crippen LogP contribution in [0.5, 0.6) is 0 Å². The standard InChI is InChI=1S/C21H19N5O/c1-13-14(2)24-18-11-16(9-10-17(18)23-13)21(27)25-19-12-22-26(3)20(19)15-7-5-4-6-8-15/h4-12H,1-3H3,(H,25,27). The van der Waals surface area contributed by atoms with E-state index < -0.39 is 0 Å². The second-order valence-corrected chi connectivity index (χ2v) is 6.45. The average molecular weight is 357 g/mol. The highest BCUT2D eigenvalue weighted by Gasteiger charge is 2.15. The SMILES string of the molecule is Cc1nc2ccc(C(=O)Nc3cnn(C)c3-c3ccccc3)cc2nc1C. The second kappa shape index (κ2) is 6.64. The lowest BCUT2D eigenvalue weighted by molar-refractivity contribution is 0.102. The van der Waals surface area contributed by atoms with Gasteiger partial charge in [0.15, 0.2) is 0 Å². The van der Waals surface area contributed by atoms with Gasteiger partial charge in [0.25, 0.3) is 5.91 Å². The van der Waals surface area contributed by atoms with Crippen LogP contribution < -0.4 is 5.32 Å². The largest absolute Gasteiger partial charge is 0.319 e. The van der Waals surface area contributed by atoms with Gasteiger partial charge in [0.1, 0.15) is 0 Å². The van der Waals surface area contributed by atoms with Crippen LogP contribution in [0.4, 0.5) is 5.69 Å². The van der Waals surface area contributed by atoms with Crippen LogP contribution in [0.15, 0.2) is 54.7 Å². The third kappa shape index (κ3) is 3.17. The molecule has 0 unspecified atom stereocenters. The lowest BCUT2D eigenvalue weighted by atomic mass is 10.1. The summed E-state index contributed by atoms with van der Waals surface area (Å²) in [6, 6.07) is 15.2. The van der Waals surface area contributed by atoms with Gasteiger partial charge >= 0.3 is 0 Å². The van der Waals surface area contributed by atoms with E-state index in [1.807, 2.05) is 57.3 Å². The molecule has 2 aromatic heterocycles. The molecular weight excluding hydrogens is 338 g/mol. The Kier molecular flexibility index (Phi) is 4.16. The number of hydrogen-bond acceptors (Lipinski definition) is 4. The van der Waals surface area contributed by atoms with Crippen LogP contribution in [0.2, 0.25) is 0 Å². The van der Waals surface area contributed by atoms with Gasteiger partial charge in [-0.05, 0) is 32.0 Å². The summed E-state index contributed by atoms with van der Waals surface area (Å²) < 4.78 is 1.75. The molecule has 2 aromatic carbocycles. The third-order valence-electron chi connectivity index (χ3n) is 4.57. The quantitative estimate of drug-likeness (QED) is 0.603. The Morgan fingerprint density at radius 2 is 1.67 bits per heavy atom. The van der Waals surface area contributed by atoms with Gasteiger partial charge in [0.2, 0.25) is 0 Å². The molecule has 0 saturated heterocycles. The number of nitrogens with one attached hydrogen (secondary N) is 1. The predicted octanol–water partition coefficient (Wildman–Crippen LogP) is 3.90. The van der Waals surface area contributed by atoms with E-state index in [9.17, 15) is 4.79 Å². The van der Waals surface area contributed by atoms with Gasteiger partial charge in [0, 0.05) is 18.2 Å². The summed E-state index contributed by atoms with van der Waals surface area (Å²) in [6.45, 7) is 3.84. The summed E-state index contributed by atoms with van der Waals surface area (Å²) in [5.41, 5.74) is 6.28. The summed E-state index contributed by atoms with van der Waals surface area (Å²) in [4.78, 5) is 21.9. The zero-order valence-corrected chi connectivity index (χ0v) is 15.4. The van der Waals surface area contributed by atoms with E-state index in [0.717, 1.165) is 28.2 Å². The zero-order chi connectivity index (χ0) is 19.0. The lowest BCUT2D eigenvalue weighted by Crippen LogP contribution is -2.12. The van der Waals surface area contributed by atoms with Crippen molar-refractivity contribution in [3.05, 3.63) is 71.7 Å². The number of aromatic nitrogens is 4. The van der Waals surface area contributed by atoms with Crippen LogP contribution in [0.25, 0.3) is 22.3 Å². The highest BCUT2D eigenvalue weighted by Crippen LogP contribution is 2.27. The molecule has 0 fully saturated rings. The van der Waals surface area contributed by atoms with Gasteiger partial charge in [-0.3, -0.25) is 9.48 Å². The van der Waals surface area contributed by atoms with Crippen LogP contribution in [0.3, 0.4) is 0 Å². The molecule has 0 aliphatic rings. The number of carbonyl (C=O) groups excluding carboxylic acids is 1. The van der Waals surface area contributed by atoms with Crippen molar-refractivity contribution in [2.75, 3.05) is 5.32 Å². The molecule has 0 aliphatic carbocycles. The first-order valence-electron chi connectivity index (χ1n) is 8.66. The number of benzene rings is 2. The van der Waals surface area contributed by atoms with Gasteiger partial charge in [-0.15, -0.1) is 0 Å². The second-order valence-electron chi connectivity index (χ2n) is 6.45. The van der Waals surface area contributed by atoms with E-state index in [-0.39, 0.29) is 5.91 Å². The molecule has 2 heterocycles. The fourth-order valence-corrected chi connectivity index (χ4v) is 3.03. The number of nitrogens with zero attached hydrogens (tertiary/aromatic N) is 4. The zero-order valence-electron chi connectivity index (χ0n) is 15.4. The van der Waals surface area contributed by atoms with E-state index in [2.05, 4.69) is 20.4 Å². The Morgan fingerprint density at radius 3 is 2.41 bits per heavy atom. The van der Waals surface area contributed by atoms with E-state index >= 15 is 0 Å². The molecule has 0 atom stereocenters. The summed E-state index contributed by atoms with van der Waals surface area (Å²) in [6.07, 6.45) is 1.66. The summed E-state index contributed by atoms with van der Waals surface area (Å²) in [5.74, 6) is -0.206. The minimum atomic E-state index is -0.206. The lowest BCUT2D eigenvalue weighted by Gasteiger charge is -2.09. The fourth-order valence-electron chi connectivity index (χ4n) is 3.03. The predicted molar refractivity (Wildman–Crippen MR) is 106 cm³/mol. The highest BCUT2D eigenvalue weighted by molar-refractivity contribution is 6.07. The average Bonchev–Trinajstić information content (AvgIpc) is 3.03. The van der Waals surface area contributed by atoms with Gasteiger partial charge < -0.3 is 5.32 Å². The molecule has 1 amide bonds. The first kappa shape index (κ1) is 16.9. The van der Waals surface area contributed by atoms with Crippen molar-refractivity contribution < 1.29 is 4.79 Å². The molecule has 4 rings (SSSR count). The number of rotatable bonds is 3. The molecule has 0 bridgehead atoms. The fraction of sp³-hybridized carbons (Fsp3) is 0.143. The number of amides is 1. The number of aryl methyl sites for hydroxylation is 3. The minimum Gasteiger partial charge on any atom is -0.319 e. The Labute approximate surface area is 156 Å². The van der Waals surface area contributed by atoms with Crippen LogP contribution >= 0.6 is 0 Å². The molecule has 6 heteroatoms. The number of hydrogen-bond donors (Lipinski definition) is 1. The van der Waals surface area contributed by atoms with Crippen LogP contribution in [-0.4, -0.2) is 25.7 Å². The van der Waals surface area contributed by atoms with Crippen molar-refractivity contribution in [1.82, 2.24) is 19.7 Å². The third-order valence-corrected chi connectivity index (χ3v) is 4.57. The van der Waals surface area contributed by atoms with Crippen molar-refractivity contribution in [2.24, 2.45) is 7.05 Å². The van der Waals surface area contributed by atoms with Gasteiger partial charge in [-0.2, -0.15) is 5.10 Å². The molecule has 1 N–H and O–H groups in total. The topological polar surface area (TPSA) is 72.7 Å². The molecule has 0 saturated carbocycles. The summed E-state index contributed by atoms with van der Waals surface area (Å²) in [7, 11) is 1.86. The highest BCUT2D eigenvalue weighted by atomic mass is 16.1. The maximum absolute atomic E-state index is 12.8. The van der Waals surface area contributed by atoms with Gasteiger partial charge in [-0.1, -0.05) is 30.3 Å². The molecule has 4 aromatic rings. The Balaban J connectivity index is 1.67. The number of fused-ring (bicyclic) bond motifs is 1. The van der Waals surface area contributed by atoms with E-state index in [4.69, 9.17) is 0 Å². The summed E-state index contributed by atoms with van der Waals surface area (Å²) >= 11 is 0. The monoisotopic (exact) mass is 357 g/mol. The van der Waals surface area contributed by atoms with Crippen molar-refractivity contribution in [3.63, 3.8) is 0 Å². The van der Waals surface area contributed by atoms with Crippen LogP contribution in [-0.2, 0) is 7.05 Å². The molecular formula is C21H19N5O. The molecule has 0 radical (unpaired) electrons. The van der Waals surface area contributed by atoms with Gasteiger partial charge in [0.05, 0.1) is 40.0 Å². The van der Waals surface area contributed by atoms with Crippen molar-refractivity contribution >= 4 is 22.6 Å². The number of carbonyl (C=O) groups is 1. The van der Waals surface area contributed by atoms with Gasteiger partial charge in [-0.25, -0.2) is 9.97 Å². The normalized spacial score (nSPS) is 10.9. The van der Waals surface area contributed by atoms with E-state index in [0.29, 0.717) is 16.8 Å². The molecule has 6 nitrogen and oxygen atoms in total. The first-order chi connectivity index (χ1) is 13.0. The Morgan fingerprint density at radius 1 is 0.963 bits per heavy atom. The smallest absolute Gasteiger partial charge is 0.255 e. The van der Waals surface area contributed by atoms with E-state index in [1.54, 1.807) is 23.0 Å². The Bertz CT molecular complexity index is 1150. The molecule has 0 aliphatic heterocycles. The van der Waals surface area contributed by atoms with Crippen molar-refractivity contribution in [1.29, 1.82) is 0 Å². The maximum atomic E-state index is 12.8. The first-order valence-corrected chi connectivity index (χ1v) is 8.66. The minimum absolute atomic E-state index is 0.206. The molecule has 134 valence electrons. The summed E-state index contributed by atoms with van der Waals surface area (Å²) in [5, 5.41) is 7.26. The van der Waals surface area contributed by atoms with Crippen LogP contribution in [0.1, 0.15) is 21.7 Å². The van der Waals surface area contributed by atoms with Crippen molar-refractivity contribution in [3.8, 4) is 11.3 Å². The number of anilines is 1.